The number of rotatable bonds is 3. The van der Waals surface area contributed by atoms with E-state index in [1.165, 1.54) is 0 Å². The van der Waals surface area contributed by atoms with E-state index in [4.69, 9.17) is 9.16 Å². The number of hydrogen-bond donors (Lipinski definition) is 0. The van der Waals surface area contributed by atoms with Crippen LogP contribution in [0.3, 0.4) is 0 Å². The molecule has 1 fully saturated rings. The van der Waals surface area contributed by atoms with Crippen LogP contribution in [-0.2, 0) is 9.16 Å². The monoisotopic (exact) mass is 335 g/mol. The van der Waals surface area contributed by atoms with Crippen LogP contribution >= 0.6 is 0 Å². The summed E-state index contributed by atoms with van der Waals surface area (Å²) in [6.45, 7) is 11.1. The van der Waals surface area contributed by atoms with Crippen LogP contribution < -0.4 is 0 Å². The molecule has 1 saturated heterocycles. The van der Waals surface area contributed by atoms with Crippen LogP contribution in [0.15, 0.2) is 18.2 Å². The van der Waals surface area contributed by atoms with E-state index in [0.717, 1.165) is 24.0 Å². The summed E-state index contributed by atoms with van der Waals surface area (Å²) in [5.41, 5.74) is 2.15. The molecule has 0 spiro atoms. The Morgan fingerprint density at radius 2 is 1.96 bits per heavy atom. The third-order valence-corrected chi connectivity index (χ3v) is 10.0. The minimum atomic E-state index is -1.95. The van der Waals surface area contributed by atoms with E-state index >= 15 is 0 Å². The molecule has 2 bridgehead atoms. The molecule has 1 aromatic rings. The molecule has 0 unspecified atom stereocenters. The number of nitro benzene ring substituents is 1. The highest BCUT2D eigenvalue weighted by molar-refractivity contribution is 6.74. The van der Waals surface area contributed by atoms with Crippen molar-refractivity contribution in [3.63, 3.8) is 0 Å². The lowest BCUT2D eigenvalue weighted by Crippen LogP contribution is -2.44. The van der Waals surface area contributed by atoms with Crippen molar-refractivity contribution in [2.45, 2.75) is 70.1 Å². The molecular weight excluding hydrogens is 310 g/mol. The van der Waals surface area contributed by atoms with Gasteiger partial charge in [-0.1, -0.05) is 20.8 Å². The van der Waals surface area contributed by atoms with E-state index in [0.29, 0.717) is 0 Å². The van der Waals surface area contributed by atoms with Crippen molar-refractivity contribution < 1.29 is 14.1 Å². The van der Waals surface area contributed by atoms with E-state index in [2.05, 4.69) is 33.9 Å². The van der Waals surface area contributed by atoms with Gasteiger partial charge in [-0.3, -0.25) is 10.1 Å². The highest BCUT2D eigenvalue weighted by Crippen LogP contribution is 2.51. The summed E-state index contributed by atoms with van der Waals surface area (Å²) in [7, 11) is -1.95. The lowest BCUT2D eigenvalue weighted by atomic mass is 9.95. The predicted molar refractivity (Wildman–Crippen MR) is 91.0 cm³/mol. The van der Waals surface area contributed by atoms with Crippen LogP contribution in [0.25, 0.3) is 0 Å². The predicted octanol–water partition coefficient (Wildman–Crippen LogP) is 4.89. The van der Waals surface area contributed by atoms with Gasteiger partial charge >= 0.3 is 0 Å². The molecule has 0 N–H and O–H groups in total. The molecule has 23 heavy (non-hydrogen) atoms. The van der Waals surface area contributed by atoms with Gasteiger partial charge in [0, 0.05) is 12.1 Å². The SMILES string of the molecule is CC(C)(C)[Si](C)(C)O[C@@H]1c2ccc([N+](=O)[O-])cc2[C@@H]2CC[C@H]1O2. The number of benzene rings is 1. The zero-order chi connectivity index (χ0) is 17.0. The molecular formula is C17H25NO4Si. The second-order valence-electron chi connectivity index (χ2n) is 8.11. The summed E-state index contributed by atoms with van der Waals surface area (Å²) >= 11 is 0. The lowest BCUT2D eigenvalue weighted by Gasteiger charge is -2.42. The van der Waals surface area contributed by atoms with Crippen LogP contribution in [-0.4, -0.2) is 19.3 Å². The van der Waals surface area contributed by atoms with Gasteiger partial charge in [-0.15, -0.1) is 0 Å². The van der Waals surface area contributed by atoms with Gasteiger partial charge in [0.1, 0.15) is 0 Å². The number of nitrogens with zero attached hydrogens (tertiary/aromatic N) is 1. The molecule has 0 aromatic heterocycles. The molecule has 0 amide bonds. The first-order valence-corrected chi connectivity index (χ1v) is 11.1. The maximum absolute atomic E-state index is 11.1. The molecule has 5 nitrogen and oxygen atoms in total. The van der Waals surface area contributed by atoms with Crippen LogP contribution in [0.5, 0.6) is 0 Å². The van der Waals surface area contributed by atoms with Gasteiger partial charge < -0.3 is 9.16 Å². The average molecular weight is 335 g/mol. The van der Waals surface area contributed by atoms with Crippen molar-refractivity contribution >= 4 is 14.0 Å². The Morgan fingerprint density at radius 3 is 2.57 bits per heavy atom. The first-order chi connectivity index (χ1) is 10.6. The molecule has 0 saturated carbocycles. The maximum Gasteiger partial charge on any atom is 0.269 e. The number of non-ortho nitro benzene ring substituents is 1. The molecule has 126 valence electrons. The van der Waals surface area contributed by atoms with Crippen molar-refractivity contribution in [2.75, 3.05) is 0 Å². The summed E-state index contributed by atoms with van der Waals surface area (Å²) in [6.07, 6.45) is 1.81. The summed E-state index contributed by atoms with van der Waals surface area (Å²) in [6, 6.07) is 5.13. The maximum atomic E-state index is 11.1. The van der Waals surface area contributed by atoms with Gasteiger partial charge in [0.05, 0.1) is 23.2 Å². The minimum absolute atomic E-state index is 0.0193. The Balaban J connectivity index is 1.99. The Bertz CT molecular complexity index is 638. The fourth-order valence-electron chi connectivity index (χ4n) is 3.16. The van der Waals surface area contributed by atoms with Crippen LogP contribution in [0.4, 0.5) is 5.69 Å². The van der Waals surface area contributed by atoms with Gasteiger partial charge in [-0.25, -0.2) is 0 Å². The quantitative estimate of drug-likeness (QED) is 0.448. The molecule has 6 heteroatoms. The van der Waals surface area contributed by atoms with Crippen LogP contribution in [0, 0.1) is 10.1 Å². The molecule has 3 rings (SSSR count). The topological polar surface area (TPSA) is 61.6 Å². The second-order valence-corrected chi connectivity index (χ2v) is 12.9. The Labute approximate surface area is 138 Å². The largest absolute Gasteiger partial charge is 0.407 e. The molecule has 3 atom stereocenters. The van der Waals surface area contributed by atoms with Gasteiger partial charge in [0.25, 0.3) is 5.69 Å². The van der Waals surface area contributed by atoms with E-state index in [9.17, 15) is 10.1 Å². The average Bonchev–Trinajstić information content (AvgIpc) is 2.87. The molecule has 1 aromatic carbocycles. The van der Waals surface area contributed by atoms with E-state index in [-0.39, 0.29) is 34.0 Å². The third-order valence-electron chi connectivity index (χ3n) is 5.55. The number of ether oxygens (including phenoxy) is 1. The van der Waals surface area contributed by atoms with Gasteiger partial charge in [-0.05, 0) is 48.2 Å². The first-order valence-electron chi connectivity index (χ1n) is 8.22. The Morgan fingerprint density at radius 1 is 1.26 bits per heavy atom. The number of nitro groups is 1. The summed E-state index contributed by atoms with van der Waals surface area (Å²) < 4.78 is 12.7. The number of hydrogen-bond acceptors (Lipinski definition) is 4. The number of fused-ring (bicyclic) bond motifs is 4. The van der Waals surface area contributed by atoms with E-state index in [1.807, 2.05) is 6.07 Å². The molecule has 2 heterocycles. The highest BCUT2D eigenvalue weighted by atomic mass is 28.4. The van der Waals surface area contributed by atoms with Gasteiger partial charge in [0.15, 0.2) is 8.32 Å². The van der Waals surface area contributed by atoms with Gasteiger partial charge in [0.2, 0.25) is 0 Å². The standard InChI is InChI=1S/C17H25NO4Si/c1-17(2,3)23(4,5)22-16-12-7-6-11(18(19)20)10-13(12)14-8-9-15(16)21-14/h6-7,10,14-16H,8-9H2,1-5H3/t14-,15+,16+/m0/s1. The Kier molecular flexibility index (Phi) is 3.90. The molecule has 2 aliphatic heterocycles. The summed E-state index contributed by atoms with van der Waals surface area (Å²) in [5, 5.41) is 11.2. The Hall–Kier alpha value is -1.24. The van der Waals surface area contributed by atoms with Crippen molar-refractivity contribution in [3.8, 4) is 0 Å². The minimum Gasteiger partial charge on any atom is -0.407 e. The highest BCUT2D eigenvalue weighted by Gasteiger charge is 2.47. The van der Waals surface area contributed by atoms with Crippen molar-refractivity contribution in [1.29, 1.82) is 0 Å². The second kappa shape index (κ2) is 5.39. The normalized spacial score (nSPS) is 26.9. The fourth-order valence-corrected chi connectivity index (χ4v) is 4.43. The fraction of sp³-hybridized carbons (Fsp3) is 0.647. The van der Waals surface area contributed by atoms with Crippen LogP contribution in [0.2, 0.25) is 18.1 Å². The van der Waals surface area contributed by atoms with Crippen molar-refractivity contribution in [3.05, 3.63) is 39.4 Å². The molecule has 2 aliphatic rings. The van der Waals surface area contributed by atoms with E-state index < -0.39 is 8.32 Å². The zero-order valence-electron chi connectivity index (χ0n) is 14.5. The molecule has 0 radical (unpaired) electrons. The van der Waals surface area contributed by atoms with Gasteiger partial charge in [-0.2, -0.15) is 0 Å². The first kappa shape index (κ1) is 16.6. The molecule has 0 aliphatic carbocycles. The summed E-state index contributed by atoms with van der Waals surface area (Å²) in [4.78, 5) is 10.7. The van der Waals surface area contributed by atoms with E-state index in [1.54, 1.807) is 12.1 Å². The summed E-state index contributed by atoms with van der Waals surface area (Å²) in [5.74, 6) is 0. The third kappa shape index (κ3) is 2.83. The van der Waals surface area contributed by atoms with Crippen molar-refractivity contribution in [2.24, 2.45) is 0 Å². The lowest BCUT2D eigenvalue weighted by molar-refractivity contribution is -0.385. The van der Waals surface area contributed by atoms with Crippen LogP contribution in [0.1, 0.15) is 56.9 Å². The zero-order valence-corrected chi connectivity index (χ0v) is 15.5. The van der Waals surface area contributed by atoms with Crippen molar-refractivity contribution in [1.82, 2.24) is 0 Å². The smallest absolute Gasteiger partial charge is 0.269 e.